The molecule has 1 aromatic heterocycles. The molecule has 25 heavy (non-hydrogen) atoms. The van der Waals surface area contributed by atoms with E-state index in [-0.39, 0.29) is 16.8 Å². The molecule has 1 amide bonds. The fourth-order valence-electron chi connectivity index (χ4n) is 2.63. The molecule has 3 rings (SSSR count). The van der Waals surface area contributed by atoms with E-state index in [2.05, 4.69) is 10.2 Å². The molecular weight excluding hydrogens is 330 g/mol. The maximum absolute atomic E-state index is 12.2. The third-order valence-corrected chi connectivity index (χ3v) is 3.99. The number of hydrogen-bond donors (Lipinski definition) is 1. The summed E-state index contributed by atoms with van der Waals surface area (Å²) in [5.41, 5.74) is -0.888. The quantitative estimate of drug-likeness (QED) is 0.482. The van der Waals surface area contributed by atoms with Crippen molar-refractivity contribution in [1.82, 2.24) is 10.2 Å². The largest absolute Gasteiger partial charge is 0.422 e. The lowest BCUT2D eigenvalue weighted by molar-refractivity contribution is -0.384. The van der Waals surface area contributed by atoms with E-state index in [0.717, 1.165) is 13.1 Å². The van der Waals surface area contributed by atoms with Crippen molar-refractivity contribution in [3.8, 4) is 0 Å². The van der Waals surface area contributed by atoms with Crippen molar-refractivity contribution in [2.45, 2.75) is 0 Å². The maximum atomic E-state index is 12.2. The molecule has 9 nitrogen and oxygen atoms in total. The van der Waals surface area contributed by atoms with E-state index in [1.807, 2.05) is 0 Å². The highest BCUT2D eigenvalue weighted by Gasteiger charge is 2.16. The van der Waals surface area contributed by atoms with Gasteiger partial charge in [-0.05, 0) is 12.1 Å². The maximum Gasteiger partial charge on any atom is 0.349 e. The Morgan fingerprint density at radius 2 is 2.04 bits per heavy atom. The number of carbonyl (C=O) groups is 1. The SMILES string of the molecule is O=C(NCCN1CCOCC1)c1cc2cc([N+](=O)[O-])ccc2oc1=O. The lowest BCUT2D eigenvalue weighted by Crippen LogP contribution is -2.41. The molecule has 0 aliphatic carbocycles. The highest BCUT2D eigenvalue weighted by molar-refractivity contribution is 5.96. The number of carbonyl (C=O) groups excluding carboxylic acids is 1. The van der Waals surface area contributed by atoms with Gasteiger partial charge < -0.3 is 14.5 Å². The van der Waals surface area contributed by atoms with Gasteiger partial charge >= 0.3 is 5.63 Å². The van der Waals surface area contributed by atoms with Crippen LogP contribution in [-0.2, 0) is 4.74 Å². The number of fused-ring (bicyclic) bond motifs is 1. The standard InChI is InChI=1S/C16H17N3O6/c20-15(17-3-4-18-5-7-24-8-6-18)13-10-11-9-12(19(22)23)1-2-14(11)25-16(13)21/h1-2,9-10H,3-8H2,(H,17,20). The summed E-state index contributed by atoms with van der Waals surface area (Å²) in [7, 11) is 0. The van der Waals surface area contributed by atoms with Crippen molar-refractivity contribution >= 4 is 22.6 Å². The van der Waals surface area contributed by atoms with Gasteiger partial charge in [0.2, 0.25) is 0 Å². The van der Waals surface area contributed by atoms with Gasteiger partial charge in [0, 0.05) is 43.7 Å². The average Bonchev–Trinajstić information content (AvgIpc) is 2.61. The second-order valence-corrected chi connectivity index (χ2v) is 5.64. The number of nitro benzene ring substituents is 1. The molecule has 0 saturated carbocycles. The molecule has 0 bridgehead atoms. The highest BCUT2D eigenvalue weighted by Crippen LogP contribution is 2.20. The number of nitro groups is 1. The first-order valence-corrected chi connectivity index (χ1v) is 7.85. The van der Waals surface area contributed by atoms with Crippen LogP contribution in [0.25, 0.3) is 11.0 Å². The van der Waals surface area contributed by atoms with Gasteiger partial charge in [0.1, 0.15) is 11.1 Å². The monoisotopic (exact) mass is 347 g/mol. The molecule has 0 radical (unpaired) electrons. The summed E-state index contributed by atoms with van der Waals surface area (Å²) in [5.74, 6) is -0.560. The first-order valence-electron chi connectivity index (χ1n) is 7.85. The van der Waals surface area contributed by atoms with Crippen molar-refractivity contribution in [3.05, 3.63) is 50.4 Å². The Hall–Kier alpha value is -2.78. The molecule has 1 N–H and O–H groups in total. The fourth-order valence-corrected chi connectivity index (χ4v) is 2.63. The molecule has 2 heterocycles. The summed E-state index contributed by atoms with van der Waals surface area (Å²) >= 11 is 0. The zero-order valence-corrected chi connectivity index (χ0v) is 13.4. The summed E-state index contributed by atoms with van der Waals surface area (Å²) in [6.45, 7) is 3.97. The Labute approximate surface area is 142 Å². The van der Waals surface area contributed by atoms with Gasteiger partial charge in [0.15, 0.2) is 0 Å². The topological polar surface area (TPSA) is 115 Å². The third kappa shape index (κ3) is 4.01. The predicted octanol–water partition coefficient (Wildman–Crippen LogP) is 0.763. The van der Waals surface area contributed by atoms with Crippen molar-refractivity contribution in [2.24, 2.45) is 0 Å². The fraction of sp³-hybridized carbons (Fsp3) is 0.375. The smallest absolute Gasteiger partial charge is 0.349 e. The molecule has 1 aliphatic heterocycles. The van der Waals surface area contributed by atoms with E-state index in [9.17, 15) is 19.7 Å². The molecular formula is C16H17N3O6. The second-order valence-electron chi connectivity index (χ2n) is 5.64. The van der Waals surface area contributed by atoms with Crippen LogP contribution in [0.1, 0.15) is 10.4 Å². The number of nitrogens with one attached hydrogen (secondary N) is 1. The molecule has 0 spiro atoms. The normalized spacial score (nSPS) is 15.2. The molecule has 2 aromatic rings. The molecule has 9 heteroatoms. The molecule has 1 aromatic carbocycles. The van der Waals surface area contributed by atoms with Crippen molar-refractivity contribution in [3.63, 3.8) is 0 Å². The van der Waals surface area contributed by atoms with E-state index in [4.69, 9.17) is 9.15 Å². The van der Waals surface area contributed by atoms with Crippen LogP contribution in [0.5, 0.6) is 0 Å². The summed E-state index contributed by atoms with van der Waals surface area (Å²) in [5, 5.41) is 13.8. The van der Waals surface area contributed by atoms with E-state index in [1.54, 1.807) is 0 Å². The van der Waals surface area contributed by atoms with Crippen molar-refractivity contribution in [2.75, 3.05) is 39.4 Å². The number of nitrogens with zero attached hydrogens (tertiary/aromatic N) is 2. The van der Waals surface area contributed by atoms with Crippen LogP contribution in [0.3, 0.4) is 0 Å². The third-order valence-electron chi connectivity index (χ3n) is 3.99. The van der Waals surface area contributed by atoms with E-state index >= 15 is 0 Å². The van der Waals surface area contributed by atoms with Crippen LogP contribution in [0.4, 0.5) is 5.69 Å². The van der Waals surface area contributed by atoms with Gasteiger partial charge in [-0.25, -0.2) is 4.79 Å². The van der Waals surface area contributed by atoms with Crippen molar-refractivity contribution in [1.29, 1.82) is 0 Å². The van der Waals surface area contributed by atoms with Gasteiger partial charge in [-0.3, -0.25) is 19.8 Å². The number of ether oxygens (including phenoxy) is 1. The first kappa shape index (κ1) is 17.1. The lowest BCUT2D eigenvalue weighted by Gasteiger charge is -2.26. The van der Waals surface area contributed by atoms with Gasteiger partial charge in [-0.2, -0.15) is 0 Å². The highest BCUT2D eigenvalue weighted by atomic mass is 16.6. The Kier molecular flexibility index (Phi) is 5.05. The Morgan fingerprint density at radius 3 is 2.76 bits per heavy atom. The zero-order chi connectivity index (χ0) is 17.8. The molecule has 1 aliphatic rings. The first-order chi connectivity index (χ1) is 12.0. The van der Waals surface area contributed by atoms with Crippen LogP contribution in [-0.4, -0.2) is 55.1 Å². The van der Waals surface area contributed by atoms with Crippen LogP contribution < -0.4 is 10.9 Å². The summed E-state index contributed by atoms with van der Waals surface area (Å²) in [6.07, 6.45) is 0. The average molecular weight is 347 g/mol. The minimum atomic E-state index is -0.773. The van der Waals surface area contributed by atoms with Crippen LogP contribution in [0.15, 0.2) is 33.5 Å². The number of amides is 1. The van der Waals surface area contributed by atoms with E-state index in [1.165, 1.54) is 24.3 Å². The van der Waals surface area contributed by atoms with Gasteiger partial charge in [0.25, 0.3) is 11.6 Å². The second kappa shape index (κ2) is 7.41. The Bertz CT molecular complexity index is 857. The minimum Gasteiger partial charge on any atom is -0.422 e. The number of hydrogen-bond acceptors (Lipinski definition) is 7. The molecule has 132 valence electrons. The van der Waals surface area contributed by atoms with Crippen LogP contribution in [0.2, 0.25) is 0 Å². The van der Waals surface area contributed by atoms with Crippen LogP contribution >= 0.6 is 0 Å². The zero-order valence-electron chi connectivity index (χ0n) is 13.4. The predicted molar refractivity (Wildman–Crippen MR) is 88.7 cm³/mol. The molecule has 0 unspecified atom stereocenters. The minimum absolute atomic E-state index is 0.139. The number of benzene rings is 1. The van der Waals surface area contributed by atoms with E-state index < -0.39 is 16.5 Å². The summed E-state index contributed by atoms with van der Waals surface area (Å²) in [4.78, 5) is 36.6. The summed E-state index contributed by atoms with van der Waals surface area (Å²) in [6, 6.07) is 5.17. The van der Waals surface area contributed by atoms with Gasteiger partial charge in [0.05, 0.1) is 18.1 Å². The van der Waals surface area contributed by atoms with E-state index in [0.29, 0.717) is 31.7 Å². The number of morpholine rings is 1. The molecule has 0 atom stereocenters. The molecule has 1 saturated heterocycles. The van der Waals surface area contributed by atoms with Crippen molar-refractivity contribution < 1.29 is 18.9 Å². The molecule has 1 fully saturated rings. The number of rotatable bonds is 5. The van der Waals surface area contributed by atoms with Gasteiger partial charge in [-0.15, -0.1) is 0 Å². The lowest BCUT2D eigenvalue weighted by atomic mass is 10.1. The Balaban J connectivity index is 1.72. The Morgan fingerprint density at radius 1 is 1.28 bits per heavy atom. The number of non-ortho nitro benzene ring substituents is 1. The van der Waals surface area contributed by atoms with Gasteiger partial charge in [-0.1, -0.05) is 0 Å². The van der Waals surface area contributed by atoms with Crippen LogP contribution in [0, 0.1) is 10.1 Å². The summed E-state index contributed by atoms with van der Waals surface area (Å²) < 4.78 is 10.3.